The molecular formula is C16H24FNO2. The second-order valence-electron chi connectivity index (χ2n) is 5.58. The zero-order valence-electron chi connectivity index (χ0n) is 12.0. The van der Waals surface area contributed by atoms with Gasteiger partial charge in [0, 0.05) is 12.6 Å². The average molecular weight is 281 g/mol. The van der Waals surface area contributed by atoms with Crippen LogP contribution in [0.5, 0.6) is 0 Å². The fourth-order valence-corrected chi connectivity index (χ4v) is 2.57. The van der Waals surface area contributed by atoms with Crippen LogP contribution in [0.3, 0.4) is 0 Å². The second-order valence-corrected chi connectivity index (χ2v) is 5.58. The van der Waals surface area contributed by atoms with Crippen molar-refractivity contribution in [3.63, 3.8) is 0 Å². The number of aliphatic hydroxyl groups is 1. The van der Waals surface area contributed by atoms with Crippen LogP contribution in [0.4, 0.5) is 4.39 Å². The third-order valence-corrected chi connectivity index (χ3v) is 3.83. The van der Waals surface area contributed by atoms with E-state index >= 15 is 0 Å². The summed E-state index contributed by atoms with van der Waals surface area (Å²) in [5.41, 5.74) is 0.883. The highest BCUT2D eigenvalue weighted by atomic mass is 19.1. The lowest BCUT2D eigenvalue weighted by atomic mass is 10.1. The highest BCUT2D eigenvalue weighted by Gasteiger charge is 2.17. The molecule has 0 aliphatic heterocycles. The first-order valence-electron chi connectivity index (χ1n) is 7.43. The molecular weight excluding hydrogens is 257 g/mol. The van der Waals surface area contributed by atoms with E-state index in [1.807, 2.05) is 13.0 Å². The van der Waals surface area contributed by atoms with Crippen LogP contribution < -0.4 is 5.32 Å². The SMILES string of the molecule is C[C@@H](NCC(O)COC1CCCC1)c1cccc(F)c1. The molecule has 0 aromatic heterocycles. The number of hydrogen-bond donors (Lipinski definition) is 2. The normalized spacial score (nSPS) is 19.1. The molecule has 1 aliphatic rings. The lowest BCUT2D eigenvalue weighted by Gasteiger charge is -2.19. The monoisotopic (exact) mass is 281 g/mol. The molecule has 2 rings (SSSR count). The fraction of sp³-hybridized carbons (Fsp3) is 0.625. The summed E-state index contributed by atoms with van der Waals surface area (Å²) in [5, 5.41) is 13.1. The molecule has 3 nitrogen and oxygen atoms in total. The van der Waals surface area contributed by atoms with Crippen molar-refractivity contribution in [2.45, 2.75) is 50.9 Å². The van der Waals surface area contributed by atoms with Crippen molar-refractivity contribution in [1.29, 1.82) is 0 Å². The fourth-order valence-electron chi connectivity index (χ4n) is 2.57. The average Bonchev–Trinajstić information content (AvgIpc) is 2.95. The van der Waals surface area contributed by atoms with E-state index in [2.05, 4.69) is 5.32 Å². The molecule has 0 amide bonds. The van der Waals surface area contributed by atoms with E-state index in [0.717, 1.165) is 18.4 Å². The van der Waals surface area contributed by atoms with Gasteiger partial charge in [0.05, 0.1) is 18.8 Å². The zero-order chi connectivity index (χ0) is 14.4. The van der Waals surface area contributed by atoms with Gasteiger partial charge in [0.15, 0.2) is 0 Å². The van der Waals surface area contributed by atoms with Gasteiger partial charge in [0.25, 0.3) is 0 Å². The summed E-state index contributed by atoms with van der Waals surface area (Å²) in [6.45, 7) is 2.78. The molecule has 2 atom stereocenters. The van der Waals surface area contributed by atoms with Crippen LogP contribution in [0.25, 0.3) is 0 Å². The Bertz CT molecular complexity index is 407. The third kappa shape index (κ3) is 4.85. The predicted molar refractivity (Wildman–Crippen MR) is 77.0 cm³/mol. The summed E-state index contributed by atoms with van der Waals surface area (Å²) in [5.74, 6) is -0.235. The first-order valence-corrected chi connectivity index (χ1v) is 7.43. The van der Waals surface area contributed by atoms with Crippen LogP contribution in [-0.4, -0.2) is 30.5 Å². The van der Waals surface area contributed by atoms with Gasteiger partial charge in [-0.2, -0.15) is 0 Å². The maximum atomic E-state index is 13.1. The summed E-state index contributed by atoms with van der Waals surface area (Å²) in [4.78, 5) is 0. The largest absolute Gasteiger partial charge is 0.389 e. The molecule has 4 heteroatoms. The maximum absolute atomic E-state index is 13.1. The highest BCUT2D eigenvalue weighted by Crippen LogP contribution is 2.21. The van der Waals surface area contributed by atoms with Crippen LogP contribution >= 0.6 is 0 Å². The molecule has 1 unspecified atom stereocenters. The predicted octanol–water partition coefficient (Wildman–Crippen LogP) is 2.80. The third-order valence-electron chi connectivity index (χ3n) is 3.83. The Balaban J connectivity index is 1.68. The van der Waals surface area contributed by atoms with Crippen LogP contribution in [0, 0.1) is 5.82 Å². The molecule has 0 heterocycles. The van der Waals surface area contributed by atoms with Crippen LogP contribution in [0.15, 0.2) is 24.3 Å². The van der Waals surface area contributed by atoms with Crippen molar-refractivity contribution in [2.75, 3.05) is 13.2 Å². The Hall–Kier alpha value is -0.970. The van der Waals surface area contributed by atoms with E-state index in [9.17, 15) is 9.50 Å². The van der Waals surface area contributed by atoms with E-state index in [-0.39, 0.29) is 11.9 Å². The van der Waals surface area contributed by atoms with Gasteiger partial charge in [-0.15, -0.1) is 0 Å². The molecule has 1 saturated carbocycles. The molecule has 20 heavy (non-hydrogen) atoms. The van der Waals surface area contributed by atoms with Crippen molar-refractivity contribution in [2.24, 2.45) is 0 Å². The standard InChI is InChI=1S/C16H24FNO2/c1-12(13-5-4-6-14(17)9-13)18-10-15(19)11-20-16-7-2-3-8-16/h4-6,9,12,15-16,18-19H,2-3,7-8,10-11H2,1H3/t12-,15?/m1/s1. The Kier molecular flexibility index (Phi) is 5.95. The number of nitrogens with one attached hydrogen (secondary N) is 1. The topological polar surface area (TPSA) is 41.5 Å². The molecule has 112 valence electrons. The smallest absolute Gasteiger partial charge is 0.123 e. The first-order chi connectivity index (χ1) is 9.65. The summed E-state index contributed by atoms with van der Waals surface area (Å²) in [6, 6.07) is 6.52. The molecule has 1 aromatic carbocycles. The van der Waals surface area contributed by atoms with Gasteiger partial charge in [0.2, 0.25) is 0 Å². The minimum Gasteiger partial charge on any atom is -0.389 e. The van der Waals surface area contributed by atoms with Gasteiger partial charge >= 0.3 is 0 Å². The second kappa shape index (κ2) is 7.72. The van der Waals surface area contributed by atoms with Gasteiger partial charge in [0.1, 0.15) is 5.82 Å². The number of aliphatic hydroxyl groups excluding tert-OH is 1. The first kappa shape index (κ1) is 15.4. The number of benzene rings is 1. The molecule has 0 spiro atoms. The van der Waals surface area contributed by atoms with Crippen molar-refractivity contribution in [3.8, 4) is 0 Å². The molecule has 1 fully saturated rings. The minimum atomic E-state index is -0.522. The zero-order valence-corrected chi connectivity index (χ0v) is 12.0. The summed E-state index contributed by atoms with van der Waals surface area (Å²) < 4.78 is 18.8. The molecule has 1 aromatic rings. The van der Waals surface area contributed by atoms with E-state index in [1.54, 1.807) is 6.07 Å². The van der Waals surface area contributed by atoms with Crippen molar-refractivity contribution in [1.82, 2.24) is 5.32 Å². The van der Waals surface area contributed by atoms with Crippen LogP contribution in [0.1, 0.15) is 44.2 Å². The van der Waals surface area contributed by atoms with Gasteiger partial charge in [-0.3, -0.25) is 0 Å². The Morgan fingerprint density at radius 1 is 1.40 bits per heavy atom. The van der Waals surface area contributed by atoms with E-state index < -0.39 is 6.10 Å². The summed E-state index contributed by atoms with van der Waals surface area (Å²) in [6.07, 6.45) is 4.49. The molecule has 2 N–H and O–H groups in total. The number of halogens is 1. The Morgan fingerprint density at radius 2 is 2.15 bits per heavy atom. The minimum absolute atomic E-state index is 0.00632. The van der Waals surface area contributed by atoms with Crippen molar-refractivity contribution >= 4 is 0 Å². The number of hydrogen-bond acceptors (Lipinski definition) is 3. The van der Waals surface area contributed by atoms with Gasteiger partial charge in [-0.25, -0.2) is 4.39 Å². The molecule has 0 saturated heterocycles. The van der Waals surface area contributed by atoms with Crippen molar-refractivity contribution < 1.29 is 14.2 Å². The number of ether oxygens (including phenoxy) is 1. The Morgan fingerprint density at radius 3 is 2.85 bits per heavy atom. The summed E-state index contributed by atoms with van der Waals surface area (Å²) in [7, 11) is 0. The van der Waals surface area contributed by atoms with Crippen LogP contribution in [-0.2, 0) is 4.74 Å². The summed E-state index contributed by atoms with van der Waals surface area (Å²) >= 11 is 0. The van der Waals surface area contributed by atoms with E-state index in [0.29, 0.717) is 19.3 Å². The highest BCUT2D eigenvalue weighted by molar-refractivity contribution is 5.19. The maximum Gasteiger partial charge on any atom is 0.123 e. The van der Waals surface area contributed by atoms with E-state index in [1.165, 1.54) is 25.0 Å². The van der Waals surface area contributed by atoms with E-state index in [4.69, 9.17) is 4.74 Å². The molecule has 0 radical (unpaired) electrons. The van der Waals surface area contributed by atoms with Crippen molar-refractivity contribution in [3.05, 3.63) is 35.6 Å². The van der Waals surface area contributed by atoms with Crippen LogP contribution in [0.2, 0.25) is 0 Å². The lowest BCUT2D eigenvalue weighted by Crippen LogP contribution is -2.33. The van der Waals surface area contributed by atoms with Gasteiger partial charge < -0.3 is 15.2 Å². The van der Waals surface area contributed by atoms with Gasteiger partial charge in [-0.05, 0) is 37.5 Å². The quantitative estimate of drug-likeness (QED) is 0.807. The molecule has 0 bridgehead atoms. The number of rotatable bonds is 7. The van der Waals surface area contributed by atoms with Gasteiger partial charge in [-0.1, -0.05) is 25.0 Å². The molecule has 1 aliphatic carbocycles. The lowest BCUT2D eigenvalue weighted by molar-refractivity contribution is -0.00610. The Labute approximate surface area is 120 Å².